The lowest BCUT2D eigenvalue weighted by atomic mass is 9.98. The molecule has 0 spiro atoms. The smallest absolute Gasteiger partial charge is 0.123 e. The number of thiophene rings is 1. The second-order valence-corrected chi connectivity index (χ2v) is 10.0. The minimum Gasteiger partial charge on any atom is -0.256 e. The van der Waals surface area contributed by atoms with Crippen LogP contribution in [0.2, 0.25) is 0 Å². The molecule has 5 aromatic carbocycles. The topological polar surface area (TPSA) is 12.9 Å². The summed E-state index contributed by atoms with van der Waals surface area (Å²) < 4.78 is 15.9. The van der Waals surface area contributed by atoms with Gasteiger partial charge in [-0.25, -0.2) is 4.39 Å². The van der Waals surface area contributed by atoms with Crippen molar-refractivity contribution in [3.63, 3.8) is 0 Å². The van der Waals surface area contributed by atoms with Crippen molar-refractivity contribution in [2.75, 3.05) is 0 Å². The van der Waals surface area contributed by atoms with Crippen LogP contribution in [-0.4, -0.2) is 4.98 Å². The molecule has 0 unspecified atom stereocenters. The van der Waals surface area contributed by atoms with Gasteiger partial charge in [0, 0.05) is 37.3 Å². The van der Waals surface area contributed by atoms with E-state index in [1.54, 1.807) is 12.1 Å². The van der Waals surface area contributed by atoms with Gasteiger partial charge in [-0.3, -0.25) is 4.98 Å². The molecule has 0 amide bonds. The van der Waals surface area contributed by atoms with E-state index in [-0.39, 0.29) is 5.82 Å². The number of pyridine rings is 1. The summed E-state index contributed by atoms with van der Waals surface area (Å²) in [5.41, 5.74) is 7.64. The standard InChI is InChI=1S/C33H20FNS/c34-27-16-14-21(15-17-27)24-12-13-25-18-26(20-35-31(25)19-24)22-8-10-23(11-9-22)28-5-3-6-30-29-4-1-2-7-32(29)36-33(28)30/h1-20H. The largest absolute Gasteiger partial charge is 0.256 e. The second kappa shape index (κ2) is 8.40. The van der Waals surface area contributed by atoms with Crippen LogP contribution in [0, 0.1) is 5.82 Å². The highest BCUT2D eigenvalue weighted by Gasteiger charge is 2.10. The Balaban J connectivity index is 1.23. The molecule has 1 nitrogen and oxygen atoms in total. The molecule has 0 saturated heterocycles. The molecule has 2 aromatic heterocycles. The van der Waals surface area contributed by atoms with Crippen molar-refractivity contribution in [3.8, 4) is 33.4 Å². The van der Waals surface area contributed by atoms with Crippen LogP contribution in [0.4, 0.5) is 4.39 Å². The summed E-state index contributed by atoms with van der Waals surface area (Å²) in [6, 6.07) is 38.9. The van der Waals surface area contributed by atoms with Gasteiger partial charge >= 0.3 is 0 Å². The summed E-state index contributed by atoms with van der Waals surface area (Å²) in [7, 11) is 0. The number of hydrogen-bond acceptors (Lipinski definition) is 2. The van der Waals surface area contributed by atoms with Gasteiger partial charge in [0.25, 0.3) is 0 Å². The molecule has 0 aliphatic rings. The highest BCUT2D eigenvalue weighted by atomic mass is 32.1. The van der Waals surface area contributed by atoms with E-state index in [1.165, 1.54) is 43.4 Å². The summed E-state index contributed by atoms with van der Waals surface area (Å²) >= 11 is 1.86. The molecule has 3 heteroatoms. The summed E-state index contributed by atoms with van der Waals surface area (Å²) in [5.74, 6) is -0.228. The van der Waals surface area contributed by atoms with E-state index in [1.807, 2.05) is 17.5 Å². The van der Waals surface area contributed by atoms with Gasteiger partial charge in [-0.1, -0.05) is 84.9 Å². The Hall–Kier alpha value is -4.34. The van der Waals surface area contributed by atoms with Crippen LogP contribution in [0.15, 0.2) is 121 Å². The predicted octanol–water partition coefficient (Wildman–Crippen LogP) is 9.74. The highest BCUT2D eigenvalue weighted by molar-refractivity contribution is 7.26. The monoisotopic (exact) mass is 481 g/mol. The van der Waals surface area contributed by atoms with Crippen molar-refractivity contribution in [2.45, 2.75) is 0 Å². The number of rotatable bonds is 3. The first-order chi connectivity index (χ1) is 17.7. The fourth-order valence-corrected chi connectivity index (χ4v) is 6.16. The lowest BCUT2D eigenvalue weighted by molar-refractivity contribution is 0.628. The third-order valence-corrected chi connectivity index (χ3v) is 8.02. The van der Waals surface area contributed by atoms with Crippen LogP contribution in [0.5, 0.6) is 0 Å². The Morgan fingerprint density at radius 1 is 0.556 bits per heavy atom. The van der Waals surface area contributed by atoms with E-state index >= 15 is 0 Å². The zero-order valence-electron chi connectivity index (χ0n) is 19.3. The quantitative estimate of drug-likeness (QED) is 0.245. The van der Waals surface area contributed by atoms with Gasteiger partial charge in [-0.15, -0.1) is 11.3 Å². The number of aromatic nitrogens is 1. The van der Waals surface area contributed by atoms with E-state index in [9.17, 15) is 4.39 Å². The Morgan fingerprint density at radius 2 is 1.25 bits per heavy atom. The Labute approximate surface area is 212 Å². The van der Waals surface area contributed by atoms with Gasteiger partial charge in [0.05, 0.1) is 5.52 Å². The van der Waals surface area contributed by atoms with Crippen LogP contribution in [-0.2, 0) is 0 Å². The van der Waals surface area contributed by atoms with E-state index in [0.717, 1.165) is 33.2 Å². The highest BCUT2D eigenvalue weighted by Crippen LogP contribution is 2.40. The van der Waals surface area contributed by atoms with Gasteiger partial charge in [0.1, 0.15) is 5.82 Å². The maximum atomic E-state index is 13.3. The molecule has 0 radical (unpaired) electrons. The Kier molecular flexibility index (Phi) is 4.90. The Morgan fingerprint density at radius 3 is 2.11 bits per heavy atom. The molecular formula is C33H20FNS. The van der Waals surface area contributed by atoms with Gasteiger partial charge in [0.15, 0.2) is 0 Å². The van der Waals surface area contributed by atoms with E-state index in [0.29, 0.717) is 0 Å². The average molecular weight is 482 g/mol. The fraction of sp³-hybridized carbons (Fsp3) is 0. The van der Waals surface area contributed by atoms with E-state index < -0.39 is 0 Å². The maximum absolute atomic E-state index is 13.3. The Bertz CT molecular complexity index is 1880. The summed E-state index contributed by atoms with van der Waals surface area (Å²) in [5, 5.41) is 3.72. The molecule has 0 aliphatic heterocycles. The van der Waals surface area contributed by atoms with Crippen molar-refractivity contribution in [2.24, 2.45) is 0 Å². The zero-order chi connectivity index (χ0) is 24.1. The molecule has 2 heterocycles. The van der Waals surface area contributed by atoms with Crippen molar-refractivity contribution in [3.05, 3.63) is 127 Å². The molecule has 7 rings (SSSR count). The minimum atomic E-state index is -0.228. The van der Waals surface area contributed by atoms with Crippen LogP contribution < -0.4 is 0 Å². The van der Waals surface area contributed by atoms with Crippen LogP contribution in [0.25, 0.3) is 64.5 Å². The SMILES string of the molecule is Fc1ccc(-c2ccc3cc(-c4ccc(-c5cccc6c5sc5ccccc56)cc4)cnc3c2)cc1. The predicted molar refractivity (Wildman–Crippen MR) is 151 cm³/mol. The van der Waals surface area contributed by atoms with E-state index in [2.05, 4.69) is 91.0 Å². The van der Waals surface area contributed by atoms with Gasteiger partial charge < -0.3 is 0 Å². The molecular weight excluding hydrogens is 461 g/mol. The molecule has 0 N–H and O–H groups in total. The first-order valence-electron chi connectivity index (χ1n) is 11.9. The summed E-state index contributed by atoms with van der Waals surface area (Å²) in [6.07, 6.45) is 1.93. The molecule has 0 fully saturated rings. The van der Waals surface area contributed by atoms with Crippen LogP contribution in [0.1, 0.15) is 0 Å². The number of fused-ring (bicyclic) bond motifs is 4. The summed E-state index contributed by atoms with van der Waals surface area (Å²) in [4.78, 5) is 4.73. The van der Waals surface area contributed by atoms with Crippen molar-refractivity contribution in [1.29, 1.82) is 0 Å². The third-order valence-electron chi connectivity index (χ3n) is 6.80. The van der Waals surface area contributed by atoms with Gasteiger partial charge in [0.2, 0.25) is 0 Å². The molecule has 0 saturated carbocycles. The maximum Gasteiger partial charge on any atom is 0.123 e. The first-order valence-corrected chi connectivity index (χ1v) is 12.7. The van der Waals surface area contributed by atoms with Crippen LogP contribution >= 0.6 is 11.3 Å². The lowest BCUT2D eigenvalue weighted by Crippen LogP contribution is -1.86. The number of benzene rings is 5. The van der Waals surface area contributed by atoms with Gasteiger partial charge in [-0.2, -0.15) is 0 Å². The fourth-order valence-electron chi connectivity index (χ4n) is 4.92. The number of hydrogen-bond donors (Lipinski definition) is 0. The van der Waals surface area contributed by atoms with Gasteiger partial charge in [-0.05, 0) is 58.1 Å². The molecule has 0 atom stereocenters. The van der Waals surface area contributed by atoms with Crippen LogP contribution in [0.3, 0.4) is 0 Å². The van der Waals surface area contributed by atoms with Crippen molar-refractivity contribution >= 4 is 42.4 Å². The molecule has 0 aliphatic carbocycles. The molecule has 0 bridgehead atoms. The third kappa shape index (κ3) is 3.57. The zero-order valence-corrected chi connectivity index (χ0v) is 20.1. The summed E-state index contributed by atoms with van der Waals surface area (Å²) in [6.45, 7) is 0. The van der Waals surface area contributed by atoms with Crippen molar-refractivity contribution in [1.82, 2.24) is 4.98 Å². The number of halogens is 1. The average Bonchev–Trinajstić information content (AvgIpc) is 3.32. The molecule has 170 valence electrons. The van der Waals surface area contributed by atoms with Crippen molar-refractivity contribution < 1.29 is 4.39 Å². The molecule has 36 heavy (non-hydrogen) atoms. The first kappa shape index (κ1) is 21.0. The van der Waals surface area contributed by atoms with E-state index in [4.69, 9.17) is 4.98 Å². The molecule has 7 aromatic rings. The normalized spacial score (nSPS) is 11.5. The minimum absolute atomic E-state index is 0.228. The number of nitrogens with zero attached hydrogens (tertiary/aromatic N) is 1. The lowest BCUT2D eigenvalue weighted by Gasteiger charge is -2.08. The second-order valence-electron chi connectivity index (χ2n) is 9.00.